The highest BCUT2D eigenvalue weighted by Crippen LogP contribution is 2.09. The van der Waals surface area contributed by atoms with Crippen molar-refractivity contribution >= 4 is 6.08 Å². The molecule has 0 N–H and O–H groups in total. The standard InChI is InChI=1S/C11H10/c1-4-10-6-9(3)7-11(5-2)8-10/h1,5-8H,2H2,3H3. The lowest BCUT2D eigenvalue weighted by Gasteiger charge is -1.97. The number of aryl methyl sites for hydroxylation is 1. The monoisotopic (exact) mass is 142 g/mol. The maximum atomic E-state index is 5.26. The second-order valence-electron chi connectivity index (χ2n) is 2.48. The van der Waals surface area contributed by atoms with E-state index in [0.717, 1.165) is 11.1 Å². The smallest absolute Gasteiger partial charge is 0.0251 e. The normalized spacial score (nSPS) is 8.73. The van der Waals surface area contributed by atoms with E-state index in [9.17, 15) is 0 Å². The molecule has 0 heterocycles. The zero-order chi connectivity index (χ0) is 8.27. The summed E-state index contributed by atoms with van der Waals surface area (Å²) in [4.78, 5) is 0. The van der Waals surface area contributed by atoms with Crippen molar-refractivity contribution in [3.05, 3.63) is 41.5 Å². The van der Waals surface area contributed by atoms with Crippen LogP contribution in [0.25, 0.3) is 6.08 Å². The van der Waals surface area contributed by atoms with Crippen LogP contribution in [0.2, 0.25) is 0 Å². The average molecular weight is 142 g/mol. The van der Waals surface area contributed by atoms with E-state index >= 15 is 0 Å². The molecule has 0 aromatic heterocycles. The van der Waals surface area contributed by atoms with E-state index in [2.05, 4.69) is 12.5 Å². The summed E-state index contributed by atoms with van der Waals surface area (Å²) in [5, 5.41) is 0. The summed E-state index contributed by atoms with van der Waals surface area (Å²) < 4.78 is 0. The topological polar surface area (TPSA) is 0 Å². The van der Waals surface area contributed by atoms with Gasteiger partial charge in [0.1, 0.15) is 0 Å². The predicted molar refractivity (Wildman–Crippen MR) is 49.2 cm³/mol. The highest BCUT2D eigenvalue weighted by molar-refractivity contribution is 5.52. The van der Waals surface area contributed by atoms with Crippen LogP contribution in [-0.4, -0.2) is 0 Å². The van der Waals surface area contributed by atoms with Crippen molar-refractivity contribution in [3.8, 4) is 12.3 Å². The second kappa shape index (κ2) is 3.07. The molecule has 0 saturated carbocycles. The van der Waals surface area contributed by atoms with E-state index in [1.807, 2.05) is 25.1 Å². The minimum atomic E-state index is 0.917. The first-order chi connectivity index (χ1) is 5.26. The molecule has 0 unspecified atom stereocenters. The molecule has 0 heteroatoms. The van der Waals surface area contributed by atoms with Gasteiger partial charge in [-0.2, -0.15) is 0 Å². The summed E-state index contributed by atoms with van der Waals surface area (Å²) in [6, 6.07) is 5.97. The van der Waals surface area contributed by atoms with Crippen LogP contribution in [0.15, 0.2) is 24.8 Å². The molecule has 0 nitrogen and oxygen atoms in total. The number of hydrogen-bond donors (Lipinski definition) is 0. The van der Waals surface area contributed by atoms with Gasteiger partial charge in [0, 0.05) is 5.56 Å². The molecule has 0 aliphatic rings. The Morgan fingerprint density at radius 3 is 2.73 bits per heavy atom. The van der Waals surface area contributed by atoms with Crippen LogP contribution in [0.5, 0.6) is 0 Å². The predicted octanol–water partition coefficient (Wildman–Crippen LogP) is 2.62. The van der Waals surface area contributed by atoms with Gasteiger partial charge in [0.05, 0.1) is 0 Å². The van der Waals surface area contributed by atoms with Crippen LogP contribution in [-0.2, 0) is 0 Å². The third-order valence-electron chi connectivity index (χ3n) is 1.50. The summed E-state index contributed by atoms with van der Waals surface area (Å²) in [5.41, 5.74) is 3.17. The average Bonchev–Trinajstić information content (AvgIpc) is 2.03. The molecule has 0 atom stereocenters. The van der Waals surface area contributed by atoms with Crippen LogP contribution >= 0.6 is 0 Å². The maximum absolute atomic E-state index is 5.26. The Bertz CT molecular complexity index is 313. The molecule has 0 spiro atoms. The summed E-state index contributed by atoms with van der Waals surface area (Å²) in [5.74, 6) is 2.59. The van der Waals surface area contributed by atoms with E-state index in [0.29, 0.717) is 0 Å². The third kappa shape index (κ3) is 1.72. The molecule has 1 aromatic carbocycles. The molecular weight excluding hydrogens is 132 g/mol. The lowest BCUT2D eigenvalue weighted by atomic mass is 10.1. The lowest BCUT2D eigenvalue weighted by Crippen LogP contribution is -1.80. The quantitative estimate of drug-likeness (QED) is 0.529. The van der Waals surface area contributed by atoms with E-state index in [4.69, 9.17) is 6.42 Å². The number of rotatable bonds is 1. The summed E-state index contributed by atoms with van der Waals surface area (Å²) in [6.07, 6.45) is 7.06. The zero-order valence-corrected chi connectivity index (χ0v) is 6.59. The fourth-order valence-corrected chi connectivity index (χ4v) is 1.01. The molecule has 0 amide bonds. The van der Waals surface area contributed by atoms with E-state index in [1.54, 1.807) is 6.08 Å². The SMILES string of the molecule is C#Cc1cc(C)cc(C=C)c1. The van der Waals surface area contributed by atoms with Gasteiger partial charge < -0.3 is 0 Å². The van der Waals surface area contributed by atoms with Crippen molar-refractivity contribution in [2.24, 2.45) is 0 Å². The second-order valence-corrected chi connectivity index (χ2v) is 2.48. The van der Waals surface area contributed by atoms with Gasteiger partial charge in [-0.05, 0) is 30.2 Å². The Morgan fingerprint density at radius 2 is 2.18 bits per heavy atom. The van der Waals surface area contributed by atoms with Gasteiger partial charge in [-0.15, -0.1) is 6.42 Å². The fourth-order valence-electron chi connectivity index (χ4n) is 1.01. The Balaban J connectivity index is 3.25. The van der Waals surface area contributed by atoms with Gasteiger partial charge >= 0.3 is 0 Å². The number of hydrogen-bond acceptors (Lipinski definition) is 0. The van der Waals surface area contributed by atoms with Crippen molar-refractivity contribution in [2.45, 2.75) is 6.92 Å². The van der Waals surface area contributed by atoms with Gasteiger partial charge in [0.2, 0.25) is 0 Å². The molecule has 0 bridgehead atoms. The summed E-state index contributed by atoms with van der Waals surface area (Å²) >= 11 is 0. The van der Waals surface area contributed by atoms with E-state index < -0.39 is 0 Å². The molecule has 1 rings (SSSR count). The Labute approximate surface area is 67.6 Å². The molecular formula is C11H10. The van der Waals surface area contributed by atoms with Crippen molar-refractivity contribution in [2.75, 3.05) is 0 Å². The van der Waals surface area contributed by atoms with Gasteiger partial charge in [-0.25, -0.2) is 0 Å². The van der Waals surface area contributed by atoms with Crippen molar-refractivity contribution in [1.29, 1.82) is 0 Å². The van der Waals surface area contributed by atoms with Crippen LogP contribution in [0.1, 0.15) is 16.7 Å². The number of terminal acetylenes is 1. The molecule has 0 radical (unpaired) electrons. The highest BCUT2D eigenvalue weighted by atomic mass is 14.0. The largest absolute Gasteiger partial charge is 0.115 e. The molecule has 11 heavy (non-hydrogen) atoms. The van der Waals surface area contributed by atoms with Gasteiger partial charge in [0.25, 0.3) is 0 Å². The highest BCUT2D eigenvalue weighted by Gasteiger charge is 1.91. The molecule has 1 aromatic rings. The summed E-state index contributed by atoms with van der Waals surface area (Å²) in [6.45, 7) is 5.70. The molecule has 0 fully saturated rings. The van der Waals surface area contributed by atoms with E-state index in [1.165, 1.54) is 5.56 Å². The minimum absolute atomic E-state index is 0.917. The minimum Gasteiger partial charge on any atom is -0.115 e. The lowest BCUT2D eigenvalue weighted by molar-refractivity contribution is 1.44. The van der Waals surface area contributed by atoms with Crippen molar-refractivity contribution in [3.63, 3.8) is 0 Å². The fraction of sp³-hybridized carbons (Fsp3) is 0.0909. The zero-order valence-electron chi connectivity index (χ0n) is 6.59. The molecule has 0 saturated heterocycles. The van der Waals surface area contributed by atoms with Gasteiger partial charge in [-0.1, -0.05) is 24.6 Å². The number of benzene rings is 1. The Morgan fingerprint density at radius 1 is 1.45 bits per heavy atom. The van der Waals surface area contributed by atoms with Crippen LogP contribution in [0, 0.1) is 19.3 Å². The first kappa shape index (κ1) is 7.63. The van der Waals surface area contributed by atoms with Crippen LogP contribution in [0.4, 0.5) is 0 Å². The van der Waals surface area contributed by atoms with Gasteiger partial charge in [-0.3, -0.25) is 0 Å². The van der Waals surface area contributed by atoms with Crippen LogP contribution < -0.4 is 0 Å². The van der Waals surface area contributed by atoms with Crippen LogP contribution in [0.3, 0.4) is 0 Å². The molecule has 54 valence electrons. The first-order valence-corrected chi connectivity index (χ1v) is 3.47. The third-order valence-corrected chi connectivity index (χ3v) is 1.50. The Kier molecular flexibility index (Phi) is 2.13. The molecule has 0 aliphatic heterocycles. The first-order valence-electron chi connectivity index (χ1n) is 3.47. The van der Waals surface area contributed by atoms with Crippen molar-refractivity contribution < 1.29 is 0 Å². The van der Waals surface area contributed by atoms with E-state index in [-0.39, 0.29) is 0 Å². The van der Waals surface area contributed by atoms with Gasteiger partial charge in [0.15, 0.2) is 0 Å². The molecule has 0 aliphatic carbocycles. The summed E-state index contributed by atoms with van der Waals surface area (Å²) in [7, 11) is 0. The maximum Gasteiger partial charge on any atom is 0.0251 e. The Hall–Kier alpha value is -1.48. The van der Waals surface area contributed by atoms with Crippen molar-refractivity contribution in [1.82, 2.24) is 0 Å².